The zero-order valence-electron chi connectivity index (χ0n) is 8.12. The molecule has 0 saturated heterocycles. The number of fused-ring (bicyclic) bond motifs is 5. The average molecular weight is 181 g/mol. The van der Waals surface area contributed by atoms with Crippen molar-refractivity contribution < 1.29 is 0 Å². The first-order valence-electron chi connectivity index (χ1n) is 5.02. The Morgan fingerprint density at radius 1 is 1.43 bits per heavy atom. The molecule has 2 atom stereocenters. The maximum absolute atomic E-state index is 9.05. The fraction of sp³-hybridized carbons (Fsp3) is 0.308. The van der Waals surface area contributed by atoms with Gasteiger partial charge in [0, 0.05) is 11.8 Å². The lowest BCUT2D eigenvalue weighted by molar-refractivity contribution is 0.784. The Hall–Kier alpha value is -1.55. The fourth-order valence-electron chi connectivity index (χ4n) is 2.90. The molecule has 0 N–H and O–H groups in total. The van der Waals surface area contributed by atoms with E-state index in [9.17, 15) is 0 Å². The molecule has 0 saturated carbocycles. The van der Waals surface area contributed by atoms with Crippen molar-refractivity contribution in [2.45, 2.75) is 25.2 Å². The van der Waals surface area contributed by atoms with Crippen molar-refractivity contribution in [3.63, 3.8) is 0 Å². The van der Waals surface area contributed by atoms with E-state index in [4.69, 9.17) is 5.26 Å². The summed E-state index contributed by atoms with van der Waals surface area (Å²) < 4.78 is 0. The maximum Gasteiger partial charge on any atom is 0.0994 e. The number of nitriles is 1. The Morgan fingerprint density at radius 3 is 3.07 bits per heavy atom. The Morgan fingerprint density at radius 2 is 2.29 bits per heavy atom. The molecule has 3 rings (SSSR count). The van der Waals surface area contributed by atoms with E-state index < -0.39 is 0 Å². The lowest BCUT2D eigenvalue weighted by Gasteiger charge is -2.15. The number of allylic oxidation sites excluding steroid dienone is 2. The molecular weight excluding hydrogens is 170 g/mol. The number of rotatable bonds is 0. The van der Waals surface area contributed by atoms with E-state index in [1.54, 1.807) is 0 Å². The summed E-state index contributed by atoms with van der Waals surface area (Å²) in [7, 11) is 0. The first-order valence-corrected chi connectivity index (χ1v) is 5.02. The van der Waals surface area contributed by atoms with Crippen LogP contribution in [0.5, 0.6) is 0 Å². The van der Waals surface area contributed by atoms with Crippen molar-refractivity contribution in [2.24, 2.45) is 0 Å². The highest BCUT2D eigenvalue weighted by molar-refractivity contribution is 5.57. The number of nitrogens with zero attached hydrogens (tertiary/aromatic N) is 1. The second kappa shape index (κ2) is 2.48. The first kappa shape index (κ1) is 7.82. The SMILES string of the molecule is CC1=C[C@@H]2C[C@H]1c1c(C#N)cccc12. The summed E-state index contributed by atoms with van der Waals surface area (Å²) in [5.41, 5.74) is 5.02. The van der Waals surface area contributed by atoms with Gasteiger partial charge >= 0.3 is 0 Å². The van der Waals surface area contributed by atoms with E-state index in [1.807, 2.05) is 12.1 Å². The summed E-state index contributed by atoms with van der Waals surface area (Å²) in [6.45, 7) is 2.18. The van der Waals surface area contributed by atoms with Crippen LogP contribution in [0.15, 0.2) is 29.8 Å². The van der Waals surface area contributed by atoms with Crippen LogP contribution < -0.4 is 0 Å². The van der Waals surface area contributed by atoms with Gasteiger partial charge in [0.1, 0.15) is 0 Å². The van der Waals surface area contributed by atoms with Crippen molar-refractivity contribution in [3.05, 3.63) is 46.5 Å². The van der Waals surface area contributed by atoms with Crippen LogP contribution in [0.2, 0.25) is 0 Å². The lowest BCUT2D eigenvalue weighted by atomic mass is 9.89. The molecule has 0 unspecified atom stereocenters. The molecule has 0 amide bonds. The van der Waals surface area contributed by atoms with Crippen LogP contribution in [0, 0.1) is 11.3 Å². The summed E-state index contributed by atoms with van der Waals surface area (Å²) >= 11 is 0. The fourth-order valence-corrected chi connectivity index (χ4v) is 2.90. The highest BCUT2D eigenvalue weighted by Crippen LogP contribution is 2.52. The van der Waals surface area contributed by atoms with Crippen molar-refractivity contribution in [2.75, 3.05) is 0 Å². The highest BCUT2D eigenvalue weighted by Gasteiger charge is 2.37. The summed E-state index contributed by atoms with van der Waals surface area (Å²) in [5.74, 6) is 1.12. The molecule has 1 aromatic rings. The summed E-state index contributed by atoms with van der Waals surface area (Å²) in [4.78, 5) is 0. The molecule has 14 heavy (non-hydrogen) atoms. The zero-order chi connectivity index (χ0) is 9.71. The zero-order valence-corrected chi connectivity index (χ0v) is 8.12. The van der Waals surface area contributed by atoms with Gasteiger partial charge in [-0.05, 0) is 30.5 Å². The van der Waals surface area contributed by atoms with Gasteiger partial charge in [0.15, 0.2) is 0 Å². The van der Waals surface area contributed by atoms with Gasteiger partial charge in [-0.15, -0.1) is 0 Å². The van der Waals surface area contributed by atoms with Gasteiger partial charge in [-0.3, -0.25) is 0 Å². The molecule has 1 heteroatoms. The molecular formula is C13H11N. The molecule has 0 spiro atoms. The van der Waals surface area contributed by atoms with Crippen LogP contribution in [-0.2, 0) is 0 Å². The van der Waals surface area contributed by atoms with Crippen LogP contribution in [0.1, 0.15) is 41.9 Å². The Balaban J connectivity index is 2.27. The molecule has 2 bridgehead atoms. The van der Waals surface area contributed by atoms with Gasteiger partial charge < -0.3 is 0 Å². The molecule has 0 heterocycles. The Kier molecular flexibility index (Phi) is 1.39. The van der Waals surface area contributed by atoms with E-state index >= 15 is 0 Å². The van der Waals surface area contributed by atoms with Crippen LogP contribution in [-0.4, -0.2) is 0 Å². The molecule has 0 fully saturated rings. The van der Waals surface area contributed by atoms with Gasteiger partial charge in [-0.25, -0.2) is 0 Å². The van der Waals surface area contributed by atoms with Gasteiger partial charge in [0.25, 0.3) is 0 Å². The molecule has 2 aliphatic rings. The minimum absolute atomic E-state index is 0.533. The minimum Gasteiger partial charge on any atom is -0.192 e. The second-order valence-electron chi connectivity index (χ2n) is 4.23. The third kappa shape index (κ3) is 0.786. The second-order valence-corrected chi connectivity index (χ2v) is 4.23. The maximum atomic E-state index is 9.05. The molecule has 1 aromatic carbocycles. The van der Waals surface area contributed by atoms with Crippen LogP contribution >= 0.6 is 0 Å². The topological polar surface area (TPSA) is 23.8 Å². The third-order valence-corrected chi connectivity index (χ3v) is 3.51. The van der Waals surface area contributed by atoms with Gasteiger partial charge in [0.05, 0.1) is 11.6 Å². The standard InChI is InChI=1S/C13H11N/c1-8-5-10-6-12(8)13-9(7-14)3-2-4-11(10)13/h2-5,10,12H,6H2,1H3/t10-,12-/m1/s1. The largest absolute Gasteiger partial charge is 0.192 e. The highest BCUT2D eigenvalue weighted by atomic mass is 14.4. The third-order valence-electron chi connectivity index (χ3n) is 3.51. The number of hydrogen-bond donors (Lipinski definition) is 0. The first-order chi connectivity index (χ1) is 6.81. The molecule has 0 aromatic heterocycles. The lowest BCUT2D eigenvalue weighted by Crippen LogP contribution is -1.99. The van der Waals surface area contributed by atoms with E-state index in [0.29, 0.717) is 11.8 Å². The van der Waals surface area contributed by atoms with E-state index in [1.165, 1.54) is 23.1 Å². The van der Waals surface area contributed by atoms with E-state index in [-0.39, 0.29) is 0 Å². The van der Waals surface area contributed by atoms with Crippen molar-refractivity contribution in [1.29, 1.82) is 5.26 Å². The minimum atomic E-state index is 0.533. The quantitative estimate of drug-likeness (QED) is 0.564. The molecule has 1 nitrogen and oxygen atoms in total. The molecule has 2 aliphatic carbocycles. The Bertz CT molecular complexity index is 476. The van der Waals surface area contributed by atoms with Gasteiger partial charge in [-0.1, -0.05) is 23.8 Å². The number of hydrogen-bond acceptors (Lipinski definition) is 1. The Labute approximate surface area is 83.7 Å². The molecule has 0 radical (unpaired) electrons. The predicted octanol–water partition coefficient (Wildman–Crippen LogP) is 3.09. The van der Waals surface area contributed by atoms with Crippen molar-refractivity contribution >= 4 is 0 Å². The average Bonchev–Trinajstić information content (AvgIpc) is 2.74. The van der Waals surface area contributed by atoms with E-state index in [2.05, 4.69) is 25.1 Å². The normalized spacial score (nSPS) is 27.0. The summed E-state index contributed by atoms with van der Waals surface area (Å²) in [6.07, 6.45) is 3.55. The van der Waals surface area contributed by atoms with Crippen molar-refractivity contribution in [3.8, 4) is 6.07 Å². The van der Waals surface area contributed by atoms with Gasteiger partial charge in [-0.2, -0.15) is 5.26 Å². The molecule has 0 aliphatic heterocycles. The predicted molar refractivity (Wildman–Crippen MR) is 55.0 cm³/mol. The molecule has 68 valence electrons. The van der Waals surface area contributed by atoms with Crippen molar-refractivity contribution in [1.82, 2.24) is 0 Å². The number of benzene rings is 1. The van der Waals surface area contributed by atoms with Crippen LogP contribution in [0.3, 0.4) is 0 Å². The summed E-state index contributed by atoms with van der Waals surface area (Å²) in [5, 5.41) is 9.05. The summed E-state index contributed by atoms with van der Waals surface area (Å²) in [6, 6.07) is 8.41. The van der Waals surface area contributed by atoms with Crippen LogP contribution in [0.4, 0.5) is 0 Å². The van der Waals surface area contributed by atoms with Crippen LogP contribution in [0.25, 0.3) is 0 Å². The van der Waals surface area contributed by atoms with Gasteiger partial charge in [0.2, 0.25) is 0 Å². The van der Waals surface area contributed by atoms with E-state index in [0.717, 1.165) is 5.56 Å². The smallest absolute Gasteiger partial charge is 0.0994 e. The monoisotopic (exact) mass is 181 g/mol.